The van der Waals surface area contributed by atoms with Gasteiger partial charge in [-0.15, -0.1) is 0 Å². The second kappa shape index (κ2) is 5.86. The van der Waals surface area contributed by atoms with Gasteiger partial charge in [-0.2, -0.15) is 0 Å². The average Bonchev–Trinajstić information content (AvgIpc) is 2.18. The lowest BCUT2D eigenvalue weighted by atomic mass is 10.2. The number of amides is 1. The maximum Gasteiger partial charge on any atom is 0.253 e. The molecule has 0 aromatic carbocycles. The number of carbonyl (C=O) groups is 1. The minimum absolute atomic E-state index is 0.139. The number of hydrogen-bond acceptors (Lipinski definition) is 4. The van der Waals surface area contributed by atoms with Crippen LogP contribution in [0.1, 0.15) is 17.3 Å². The normalized spacial score (nSPS) is 13.1. The molecule has 100 valence electrons. The zero-order valence-electron chi connectivity index (χ0n) is 9.78. The van der Waals surface area contributed by atoms with Crippen molar-refractivity contribution in [2.75, 3.05) is 12.0 Å². The van der Waals surface area contributed by atoms with Gasteiger partial charge in [-0.05, 0) is 13.0 Å². The van der Waals surface area contributed by atoms with E-state index in [-0.39, 0.29) is 21.5 Å². The molecule has 1 atom stereocenters. The molecule has 1 aromatic heterocycles. The monoisotopic (exact) mass is 310 g/mol. The molecule has 0 aliphatic rings. The van der Waals surface area contributed by atoms with Crippen LogP contribution in [-0.2, 0) is 9.84 Å². The maximum absolute atomic E-state index is 11.8. The van der Waals surface area contributed by atoms with E-state index in [2.05, 4.69) is 10.3 Å². The summed E-state index contributed by atoms with van der Waals surface area (Å²) < 4.78 is 22.1. The van der Waals surface area contributed by atoms with Gasteiger partial charge in [0.15, 0.2) is 0 Å². The summed E-state index contributed by atoms with van der Waals surface area (Å²) in [5, 5.41) is 2.83. The summed E-state index contributed by atoms with van der Waals surface area (Å²) in [5.74, 6) is -0.629. The molecule has 0 saturated heterocycles. The number of rotatable bonds is 4. The van der Waals surface area contributed by atoms with Crippen molar-refractivity contribution in [3.05, 3.63) is 28.0 Å². The molecule has 1 rings (SSSR count). The largest absolute Gasteiger partial charge is 0.349 e. The Balaban J connectivity index is 2.80. The third-order valence-electron chi connectivity index (χ3n) is 2.00. The molecule has 5 nitrogen and oxygen atoms in total. The van der Waals surface area contributed by atoms with Crippen LogP contribution in [0.2, 0.25) is 10.2 Å². The molecule has 0 radical (unpaired) electrons. The van der Waals surface area contributed by atoms with Gasteiger partial charge in [-0.1, -0.05) is 23.2 Å². The third-order valence-corrected chi connectivity index (χ3v) is 3.61. The predicted molar refractivity (Wildman–Crippen MR) is 70.9 cm³/mol. The quantitative estimate of drug-likeness (QED) is 0.856. The van der Waals surface area contributed by atoms with E-state index >= 15 is 0 Å². The molecule has 0 saturated carbocycles. The first-order valence-corrected chi connectivity index (χ1v) is 7.80. The van der Waals surface area contributed by atoms with E-state index in [1.54, 1.807) is 6.92 Å². The lowest BCUT2D eigenvalue weighted by Crippen LogP contribution is -2.37. The molecule has 1 heterocycles. The van der Waals surface area contributed by atoms with Crippen LogP contribution in [0.15, 0.2) is 12.3 Å². The molecule has 18 heavy (non-hydrogen) atoms. The molecule has 1 aromatic rings. The lowest BCUT2D eigenvalue weighted by molar-refractivity contribution is 0.0943. The first-order valence-electron chi connectivity index (χ1n) is 4.98. The minimum Gasteiger partial charge on any atom is -0.349 e. The Labute approximate surface area is 115 Å². The van der Waals surface area contributed by atoms with E-state index in [9.17, 15) is 13.2 Å². The van der Waals surface area contributed by atoms with E-state index < -0.39 is 21.8 Å². The molecule has 1 amide bonds. The van der Waals surface area contributed by atoms with Gasteiger partial charge < -0.3 is 5.32 Å². The highest BCUT2D eigenvalue weighted by atomic mass is 35.5. The number of pyridine rings is 1. The summed E-state index contributed by atoms with van der Waals surface area (Å²) in [4.78, 5) is 15.6. The van der Waals surface area contributed by atoms with Crippen molar-refractivity contribution < 1.29 is 13.2 Å². The topological polar surface area (TPSA) is 76.1 Å². The van der Waals surface area contributed by atoms with Crippen molar-refractivity contribution in [1.82, 2.24) is 10.3 Å². The Morgan fingerprint density at radius 2 is 2.11 bits per heavy atom. The fourth-order valence-electron chi connectivity index (χ4n) is 1.38. The zero-order valence-corrected chi connectivity index (χ0v) is 12.1. The molecule has 0 aliphatic heterocycles. The van der Waals surface area contributed by atoms with Crippen LogP contribution in [-0.4, -0.2) is 37.4 Å². The van der Waals surface area contributed by atoms with Crippen molar-refractivity contribution in [2.45, 2.75) is 13.0 Å². The van der Waals surface area contributed by atoms with Crippen LogP contribution in [0.5, 0.6) is 0 Å². The van der Waals surface area contributed by atoms with E-state index in [0.717, 1.165) is 6.26 Å². The van der Waals surface area contributed by atoms with Crippen LogP contribution in [0.4, 0.5) is 0 Å². The molecule has 0 fully saturated rings. The van der Waals surface area contributed by atoms with Crippen molar-refractivity contribution >= 4 is 38.9 Å². The van der Waals surface area contributed by atoms with Crippen LogP contribution >= 0.6 is 23.2 Å². The zero-order chi connectivity index (χ0) is 13.9. The summed E-state index contributed by atoms with van der Waals surface area (Å²) in [7, 11) is -3.16. The van der Waals surface area contributed by atoms with Gasteiger partial charge in [0.2, 0.25) is 0 Å². The van der Waals surface area contributed by atoms with E-state index in [0.29, 0.717) is 0 Å². The van der Waals surface area contributed by atoms with Crippen LogP contribution < -0.4 is 5.32 Å². The SMILES string of the molecule is CC(CS(C)(=O)=O)NC(=O)c1cc(Cl)ncc1Cl. The first-order chi connectivity index (χ1) is 8.19. The summed E-state index contributed by atoms with van der Waals surface area (Å²) in [6, 6.07) is 0.808. The van der Waals surface area contributed by atoms with Crippen molar-refractivity contribution in [3.8, 4) is 0 Å². The van der Waals surface area contributed by atoms with E-state index in [1.165, 1.54) is 12.3 Å². The first kappa shape index (κ1) is 15.2. The predicted octanol–water partition coefficient (Wildman–Crippen LogP) is 1.55. The highest BCUT2D eigenvalue weighted by molar-refractivity contribution is 7.90. The van der Waals surface area contributed by atoms with E-state index in [1.807, 2.05) is 0 Å². The molecule has 0 bridgehead atoms. The van der Waals surface area contributed by atoms with Gasteiger partial charge in [-0.25, -0.2) is 13.4 Å². The Morgan fingerprint density at radius 3 is 2.67 bits per heavy atom. The Hall–Kier alpha value is -0.850. The van der Waals surface area contributed by atoms with Crippen molar-refractivity contribution in [1.29, 1.82) is 0 Å². The van der Waals surface area contributed by atoms with Gasteiger partial charge in [0.1, 0.15) is 15.0 Å². The van der Waals surface area contributed by atoms with Gasteiger partial charge >= 0.3 is 0 Å². The van der Waals surface area contributed by atoms with E-state index in [4.69, 9.17) is 23.2 Å². The molecular formula is C10H12Cl2N2O3S. The summed E-state index contributed by atoms with van der Waals surface area (Å²) in [5.41, 5.74) is 0.164. The van der Waals surface area contributed by atoms with Gasteiger partial charge in [0, 0.05) is 18.5 Å². The smallest absolute Gasteiger partial charge is 0.253 e. The van der Waals surface area contributed by atoms with Crippen LogP contribution in [0, 0.1) is 0 Å². The van der Waals surface area contributed by atoms with Gasteiger partial charge in [0.25, 0.3) is 5.91 Å². The van der Waals surface area contributed by atoms with Crippen LogP contribution in [0.25, 0.3) is 0 Å². The fraction of sp³-hybridized carbons (Fsp3) is 0.400. The van der Waals surface area contributed by atoms with Crippen LogP contribution in [0.3, 0.4) is 0 Å². The summed E-state index contributed by atoms with van der Waals surface area (Å²) in [6.45, 7) is 1.59. The highest BCUT2D eigenvalue weighted by Crippen LogP contribution is 2.18. The second-order valence-corrected chi connectivity index (χ2v) is 6.93. The van der Waals surface area contributed by atoms with Gasteiger partial charge in [-0.3, -0.25) is 4.79 Å². The minimum atomic E-state index is -3.16. The molecule has 1 unspecified atom stereocenters. The average molecular weight is 311 g/mol. The Bertz CT molecular complexity index is 560. The summed E-state index contributed by atoms with van der Waals surface area (Å²) >= 11 is 11.5. The molecule has 0 aliphatic carbocycles. The number of carbonyl (C=O) groups excluding carboxylic acids is 1. The molecule has 1 N–H and O–H groups in total. The number of nitrogens with zero attached hydrogens (tertiary/aromatic N) is 1. The highest BCUT2D eigenvalue weighted by Gasteiger charge is 2.16. The maximum atomic E-state index is 11.8. The molecule has 0 spiro atoms. The Kier molecular flexibility index (Phi) is 4.95. The number of nitrogens with one attached hydrogen (secondary N) is 1. The molecular weight excluding hydrogens is 299 g/mol. The Morgan fingerprint density at radius 1 is 1.50 bits per heavy atom. The van der Waals surface area contributed by atoms with Crippen molar-refractivity contribution in [2.24, 2.45) is 0 Å². The fourth-order valence-corrected chi connectivity index (χ4v) is 2.72. The standard InChI is InChI=1S/C10H12Cl2N2O3S/c1-6(5-18(2,16)17)14-10(15)7-3-9(12)13-4-8(7)11/h3-4,6H,5H2,1-2H3,(H,14,15). The third kappa shape index (κ3) is 4.80. The summed E-state index contributed by atoms with van der Waals surface area (Å²) in [6.07, 6.45) is 2.37. The number of sulfone groups is 1. The second-order valence-electron chi connectivity index (χ2n) is 3.95. The lowest BCUT2D eigenvalue weighted by Gasteiger charge is -2.13. The molecule has 8 heteroatoms. The van der Waals surface area contributed by atoms with Gasteiger partial charge in [0.05, 0.1) is 16.3 Å². The number of aromatic nitrogens is 1. The van der Waals surface area contributed by atoms with Crippen molar-refractivity contribution in [3.63, 3.8) is 0 Å². The number of halogens is 2. The number of hydrogen-bond donors (Lipinski definition) is 1.